The normalized spacial score (nSPS) is 17.2. The zero-order chi connectivity index (χ0) is 21.9. The van der Waals surface area contributed by atoms with Gasteiger partial charge in [-0.3, -0.25) is 4.79 Å². The maximum absolute atomic E-state index is 12.0. The van der Waals surface area contributed by atoms with Gasteiger partial charge < -0.3 is 9.47 Å². The van der Waals surface area contributed by atoms with E-state index >= 15 is 0 Å². The van der Waals surface area contributed by atoms with E-state index in [0.29, 0.717) is 6.42 Å². The van der Waals surface area contributed by atoms with Gasteiger partial charge in [0.25, 0.3) is 0 Å². The average molecular weight is 428 g/mol. The average Bonchev–Trinajstić information content (AvgIpc) is 3.41. The van der Waals surface area contributed by atoms with Crippen LogP contribution in [0.4, 0.5) is 5.69 Å². The van der Waals surface area contributed by atoms with Gasteiger partial charge in [0.05, 0.1) is 0 Å². The first-order valence-corrected chi connectivity index (χ1v) is 11.9. The number of rotatable bonds is 6. The van der Waals surface area contributed by atoms with Gasteiger partial charge in [-0.1, -0.05) is 44.2 Å². The predicted molar refractivity (Wildman–Crippen MR) is 124 cm³/mol. The molecule has 0 spiro atoms. The minimum atomic E-state index is 0.215. The number of fused-ring (bicyclic) bond motifs is 1. The predicted octanol–water partition coefficient (Wildman–Crippen LogP) is 4.99. The van der Waals surface area contributed by atoms with Crippen molar-refractivity contribution in [2.45, 2.75) is 64.3 Å². The summed E-state index contributed by atoms with van der Waals surface area (Å²) in [5, 5.41) is 10.3. The molecule has 3 aromatic rings. The second kappa shape index (κ2) is 9.12. The van der Waals surface area contributed by atoms with Crippen LogP contribution in [0.2, 0.25) is 0 Å². The monoisotopic (exact) mass is 427 g/mol. The summed E-state index contributed by atoms with van der Waals surface area (Å²) in [6.07, 6.45) is 12.0. The Kier molecular flexibility index (Phi) is 5.89. The van der Waals surface area contributed by atoms with E-state index in [2.05, 4.69) is 50.9 Å². The van der Waals surface area contributed by atoms with Gasteiger partial charge in [-0.25, -0.2) is 9.97 Å². The van der Waals surface area contributed by atoms with Crippen LogP contribution in [0.15, 0.2) is 36.5 Å². The largest absolute Gasteiger partial charge is 0.329 e. The lowest BCUT2D eigenvalue weighted by molar-refractivity contribution is -0.117. The first-order valence-electron chi connectivity index (χ1n) is 11.9. The maximum atomic E-state index is 12.0. The summed E-state index contributed by atoms with van der Waals surface area (Å²) < 4.78 is 2.30. The fraction of sp³-hybridized carbons (Fsp3) is 0.462. The van der Waals surface area contributed by atoms with Crippen molar-refractivity contribution in [1.82, 2.24) is 14.5 Å². The third-order valence-corrected chi connectivity index (χ3v) is 7.01. The van der Waals surface area contributed by atoms with Crippen LogP contribution in [0.1, 0.15) is 68.4 Å². The summed E-state index contributed by atoms with van der Waals surface area (Å²) in [4.78, 5) is 22.6. The molecule has 6 nitrogen and oxygen atoms in total. The number of hydrogen-bond acceptors (Lipinski definition) is 4. The van der Waals surface area contributed by atoms with E-state index in [9.17, 15) is 10.1 Å². The van der Waals surface area contributed by atoms with E-state index in [1.165, 1.54) is 43.4 Å². The fourth-order valence-electron chi connectivity index (χ4n) is 5.25. The molecule has 0 unspecified atom stereocenters. The number of amides is 1. The highest BCUT2D eigenvalue weighted by molar-refractivity contribution is 5.95. The number of carbonyl (C=O) groups is 1. The molecular weight excluding hydrogens is 398 g/mol. The molecule has 1 amide bonds. The molecule has 1 aromatic carbocycles. The lowest BCUT2D eigenvalue weighted by atomic mass is 9.87. The van der Waals surface area contributed by atoms with Crippen molar-refractivity contribution in [3.05, 3.63) is 53.6 Å². The number of hydrogen-bond donors (Lipinski definition) is 0. The number of aryl methyl sites for hydroxylation is 1. The zero-order valence-corrected chi connectivity index (χ0v) is 18.5. The minimum Gasteiger partial charge on any atom is -0.329 e. The van der Waals surface area contributed by atoms with Crippen LogP contribution in [-0.4, -0.2) is 27.0 Å². The molecule has 1 saturated heterocycles. The van der Waals surface area contributed by atoms with Crippen molar-refractivity contribution < 1.29 is 4.79 Å². The molecule has 1 aliphatic carbocycles. The van der Waals surface area contributed by atoms with Crippen LogP contribution in [0.5, 0.6) is 0 Å². The Balaban J connectivity index is 1.40. The Hall–Kier alpha value is -3.20. The van der Waals surface area contributed by atoms with Crippen LogP contribution in [0, 0.1) is 17.2 Å². The Bertz CT molecular complexity index is 1150. The molecular formula is C26H29N5O. The maximum Gasteiger partial charge on any atom is 0.234 e. The van der Waals surface area contributed by atoms with E-state index < -0.39 is 0 Å². The van der Waals surface area contributed by atoms with Crippen molar-refractivity contribution >= 4 is 22.6 Å². The van der Waals surface area contributed by atoms with Gasteiger partial charge in [0, 0.05) is 48.9 Å². The number of benzene rings is 1. The van der Waals surface area contributed by atoms with Gasteiger partial charge in [0.2, 0.25) is 11.7 Å². The van der Waals surface area contributed by atoms with Crippen LogP contribution in [0.25, 0.3) is 11.0 Å². The van der Waals surface area contributed by atoms with Crippen molar-refractivity contribution in [3.63, 3.8) is 0 Å². The van der Waals surface area contributed by atoms with Crippen LogP contribution in [0.3, 0.4) is 0 Å². The third-order valence-electron chi connectivity index (χ3n) is 7.01. The molecule has 6 heteroatoms. The zero-order valence-electron chi connectivity index (χ0n) is 18.5. The topological polar surface area (TPSA) is 74.8 Å². The van der Waals surface area contributed by atoms with Gasteiger partial charge in [-0.05, 0) is 42.5 Å². The molecule has 0 N–H and O–H groups in total. The lowest BCUT2D eigenvalue weighted by Gasteiger charge is -2.22. The quantitative estimate of drug-likeness (QED) is 0.555. The van der Waals surface area contributed by atoms with E-state index in [-0.39, 0.29) is 11.7 Å². The van der Waals surface area contributed by atoms with Gasteiger partial charge >= 0.3 is 0 Å². The van der Waals surface area contributed by atoms with Gasteiger partial charge in [-0.2, -0.15) is 5.26 Å². The smallest absolute Gasteiger partial charge is 0.234 e. The molecule has 2 aliphatic rings. The fourth-order valence-corrected chi connectivity index (χ4v) is 5.25. The summed E-state index contributed by atoms with van der Waals surface area (Å²) in [7, 11) is 0. The molecule has 0 radical (unpaired) electrons. The first-order chi connectivity index (χ1) is 15.7. The Morgan fingerprint density at radius 1 is 1.09 bits per heavy atom. The highest BCUT2D eigenvalue weighted by atomic mass is 16.2. The number of anilines is 1. The Morgan fingerprint density at radius 2 is 1.91 bits per heavy atom. The molecule has 32 heavy (non-hydrogen) atoms. The molecule has 2 fully saturated rings. The minimum absolute atomic E-state index is 0.215. The number of nitriles is 1. The van der Waals surface area contributed by atoms with E-state index in [0.717, 1.165) is 55.0 Å². The van der Waals surface area contributed by atoms with Crippen molar-refractivity contribution in [2.75, 3.05) is 11.4 Å². The van der Waals surface area contributed by atoms with Gasteiger partial charge in [0.1, 0.15) is 11.7 Å². The van der Waals surface area contributed by atoms with Crippen LogP contribution < -0.4 is 4.90 Å². The molecule has 2 aromatic heterocycles. The first kappa shape index (κ1) is 20.7. The van der Waals surface area contributed by atoms with E-state index in [4.69, 9.17) is 0 Å². The summed E-state index contributed by atoms with van der Waals surface area (Å²) in [5.74, 6) is 1.22. The highest BCUT2D eigenvalue weighted by Crippen LogP contribution is 2.29. The van der Waals surface area contributed by atoms with E-state index in [1.807, 2.05) is 4.90 Å². The number of aromatic nitrogens is 3. The van der Waals surface area contributed by atoms with Crippen molar-refractivity contribution in [1.29, 1.82) is 5.26 Å². The van der Waals surface area contributed by atoms with Gasteiger partial charge in [-0.15, -0.1) is 0 Å². The van der Waals surface area contributed by atoms with Crippen molar-refractivity contribution in [2.24, 2.45) is 5.92 Å². The molecule has 164 valence electrons. The third kappa shape index (κ3) is 4.25. The second-order valence-corrected chi connectivity index (χ2v) is 9.16. The Labute approximate surface area is 188 Å². The summed E-state index contributed by atoms with van der Waals surface area (Å²) in [6, 6.07) is 12.6. The number of nitrogens with zero attached hydrogens (tertiary/aromatic N) is 5. The summed E-state index contributed by atoms with van der Waals surface area (Å²) in [6.45, 7) is 1.74. The molecule has 5 rings (SSSR count). The summed E-state index contributed by atoms with van der Waals surface area (Å²) >= 11 is 0. The highest BCUT2D eigenvalue weighted by Gasteiger charge is 2.21. The van der Waals surface area contributed by atoms with Gasteiger partial charge in [0.15, 0.2) is 0 Å². The number of carbonyl (C=O) groups excluding carboxylic acids is 1. The molecule has 0 bridgehead atoms. The molecule has 1 saturated carbocycles. The second-order valence-electron chi connectivity index (χ2n) is 9.16. The Morgan fingerprint density at radius 3 is 2.62 bits per heavy atom. The van der Waals surface area contributed by atoms with E-state index in [1.54, 1.807) is 6.20 Å². The molecule has 1 aliphatic heterocycles. The molecule has 3 heterocycles. The summed E-state index contributed by atoms with van der Waals surface area (Å²) in [5.41, 5.74) is 4.25. The van der Waals surface area contributed by atoms with Crippen LogP contribution >= 0.6 is 0 Å². The SMILES string of the molecule is N#Cc1ncc2cc(Cc3ccc(N4CCCC4=O)cc3)n(CCC3CCCCC3)c2n1. The molecule has 0 atom stereocenters. The van der Waals surface area contributed by atoms with Crippen molar-refractivity contribution in [3.8, 4) is 6.07 Å². The standard InChI is InChI=1S/C26H29N5O/c27-17-24-28-18-21-16-23(31(26(21)29-24)14-12-19-5-2-1-3-6-19)15-20-8-10-22(11-9-20)30-13-4-7-25(30)32/h8-11,16,18-19H,1-7,12-15H2. The van der Waals surface area contributed by atoms with Crippen LogP contribution in [-0.2, 0) is 17.8 Å². The lowest BCUT2D eigenvalue weighted by Crippen LogP contribution is -2.23.